The molecule has 0 saturated carbocycles. The first-order chi connectivity index (χ1) is 18.4. The fraction of sp³-hybridized carbons (Fsp3) is 0.107. The van der Waals surface area contributed by atoms with Crippen LogP contribution in [0.15, 0.2) is 102 Å². The summed E-state index contributed by atoms with van der Waals surface area (Å²) in [6.45, 7) is 0.545. The predicted molar refractivity (Wildman–Crippen MR) is 144 cm³/mol. The Labute approximate surface area is 218 Å². The van der Waals surface area contributed by atoms with Crippen molar-refractivity contribution in [1.82, 2.24) is 24.1 Å². The van der Waals surface area contributed by atoms with Crippen LogP contribution < -0.4 is 5.56 Å². The molecule has 9 nitrogen and oxygen atoms in total. The maximum Gasteiger partial charge on any atom is 0.282 e. The highest BCUT2D eigenvalue weighted by Gasteiger charge is 2.23. The van der Waals surface area contributed by atoms with Gasteiger partial charge in [-0.25, -0.2) is 4.68 Å². The molecule has 4 aromatic rings. The van der Waals surface area contributed by atoms with Crippen LogP contribution in [0.2, 0.25) is 0 Å². The van der Waals surface area contributed by atoms with E-state index in [1.54, 1.807) is 35.1 Å². The van der Waals surface area contributed by atoms with E-state index < -0.39 is 10.1 Å². The number of pyridine rings is 1. The summed E-state index contributed by atoms with van der Waals surface area (Å²) in [7, 11) is -2.67. The second-order valence-electron chi connectivity index (χ2n) is 8.87. The number of nitrogens with zero attached hydrogens (tertiary/aromatic N) is 5. The minimum absolute atomic E-state index is 0.323. The van der Waals surface area contributed by atoms with Crippen LogP contribution in [-0.2, 0) is 26.6 Å². The maximum atomic E-state index is 13.6. The van der Waals surface area contributed by atoms with Crippen molar-refractivity contribution in [2.24, 2.45) is 0 Å². The van der Waals surface area contributed by atoms with E-state index in [1.807, 2.05) is 71.6 Å². The van der Waals surface area contributed by atoms with Gasteiger partial charge in [0.05, 0.1) is 29.6 Å². The van der Waals surface area contributed by atoms with Crippen molar-refractivity contribution in [3.8, 4) is 22.6 Å². The van der Waals surface area contributed by atoms with Gasteiger partial charge in [0.15, 0.2) is 0 Å². The van der Waals surface area contributed by atoms with Gasteiger partial charge in [-0.2, -0.15) is 23.3 Å². The summed E-state index contributed by atoms with van der Waals surface area (Å²) in [6.07, 6.45) is 5.45. The van der Waals surface area contributed by atoms with Gasteiger partial charge in [0.25, 0.3) is 15.7 Å². The van der Waals surface area contributed by atoms with Crippen LogP contribution in [0.3, 0.4) is 0 Å². The molecule has 0 aliphatic carbocycles. The van der Waals surface area contributed by atoms with Gasteiger partial charge in [0.1, 0.15) is 11.4 Å². The minimum Gasteiger partial charge on any atom is -0.342 e. The Bertz CT molecular complexity index is 1890. The van der Waals surface area contributed by atoms with Gasteiger partial charge in [0, 0.05) is 30.5 Å². The lowest BCUT2D eigenvalue weighted by molar-refractivity contribution is 0.397. The van der Waals surface area contributed by atoms with Crippen LogP contribution in [0.5, 0.6) is 0 Å². The second kappa shape index (κ2) is 9.40. The van der Waals surface area contributed by atoms with Gasteiger partial charge in [-0.15, -0.1) is 0 Å². The average molecular weight is 526 g/mol. The smallest absolute Gasteiger partial charge is 0.282 e. The standard InChI is InChI=1S/C28H23N5O4S/c1-37-38(35,36)19-21-7-2-4-9-25(21)33-28(34)24-18-31(26-10-5-3-8-23(26)27(24)30-33)17-20-11-13-22(14-12-20)32-16-6-15-29-32/h2-16,18H,17,19H2,1H3. The Kier molecular flexibility index (Phi) is 5.90. The average Bonchev–Trinajstić information content (AvgIpc) is 3.58. The van der Waals surface area contributed by atoms with Crippen molar-refractivity contribution in [3.63, 3.8) is 0 Å². The van der Waals surface area contributed by atoms with E-state index in [0.29, 0.717) is 29.1 Å². The number of hydrogen-bond acceptors (Lipinski definition) is 6. The third-order valence-electron chi connectivity index (χ3n) is 6.50. The molecule has 0 bridgehead atoms. The molecule has 0 spiro atoms. The van der Waals surface area contributed by atoms with Crippen LogP contribution in [0, 0.1) is 0 Å². The molecule has 6 rings (SSSR count). The van der Waals surface area contributed by atoms with E-state index in [9.17, 15) is 13.2 Å². The molecular formula is C28H23N5O4S. The van der Waals surface area contributed by atoms with Crippen molar-refractivity contribution >= 4 is 21.0 Å². The Morgan fingerprint density at radius 2 is 1.68 bits per heavy atom. The maximum absolute atomic E-state index is 13.6. The van der Waals surface area contributed by atoms with Crippen LogP contribution in [0.1, 0.15) is 11.1 Å². The molecule has 0 radical (unpaired) electrons. The second-order valence-corrected chi connectivity index (χ2v) is 10.6. The summed E-state index contributed by atoms with van der Waals surface area (Å²) in [4.78, 5) is 13.6. The van der Waals surface area contributed by atoms with Gasteiger partial charge < -0.3 is 4.57 Å². The minimum atomic E-state index is -3.79. The first-order valence-electron chi connectivity index (χ1n) is 11.9. The van der Waals surface area contributed by atoms with Gasteiger partial charge in [-0.05, 0) is 41.5 Å². The van der Waals surface area contributed by atoms with E-state index in [4.69, 9.17) is 0 Å². The Hall–Kier alpha value is -4.54. The summed E-state index contributed by atoms with van der Waals surface area (Å²) < 4.78 is 34.1. The topological polar surface area (TPSA) is 101 Å². The van der Waals surface area contributed by atoms with Gasteiger partial charge >= 0.3 is 0 Å². The van der Waals surface area contributed by atoms with Crippen molar-refractivity contribution in [2.45, 2.75) is 12.3 Å². The molecule has 0 atom stereocenters. The molecule has 0 saturated heterocycles. The zero-order chi connectivity index (χ0) is 26.3. The summed E-state index contributed by atoms with van der Waals surface area (Å²) in [5.41, 5.74) is 4.45. The molecule has 38 heavy (non-hydrogen) atoms. The third-order valence-corrected chi connectivity index (χ3v) is 7.67. The Morgan fingerprint density at radius 1 is 0.921 bits per heavy atom. The lowest BCUT2D eigenvalue weighted by Crippen LogP contribution is -2.18. The molecule has 0 fully saturated rings. The molecular weight excluding hydrogens is 502 g/mol. The Balaban J connectivity index is 1.46. The zero-order valence-corrected chi connectivity index (χ0v) is 21.2. The number of fused-ring (bicyclic) bond motifs is 3. The highest BCUT2D eigenvalue weighted by Crippen LogP contribution is 2.29. The summed E-state index contributed by atoms with van der Waals surface area (Å²) in [5.74, 6) is -0.370. The van der Waals surface area contributed by atoms with E-state index in [1.165, 1.54) is 4.68 Å². The normalized spacial score (nSPS) is 11.9. The van der Waals surface area contributed by atoms with Gasteiger partial charge in [0.2, 0.25) is 0 Å². The number of benzene rings is 3. The van der Waals surface area contributed by atoms with Crippen molar-refractivity contribution in [1.29, 1.82) is 0 Å². The van der Waals surface area contributed by atoms with Crippen LogP contribution >= 0.6 is 0 Å². The molecule has 3 aromatic carbocycles. The van der Waals surface area contributed by atoms with Crippen LogP contribution in [-0.4, -0.2) is 39.7 Å². The summed E-state index contributed by atoms with van der Waals surface area (Å²) >= 11 is 0. The van der Waals surface area contributed by atoms with Crippen molar-refractivity contribution in [2.75, 3.05) is 7.11 Å². The lowest BCUT2D eigenvalue weighted by Gasteiger charge is -2.14. The monoisotopic (exact) mass is 525 g/mol. The first-order valence-corrected chi connectivity index (χ1v) is 13.5. The quantitative estimate of drug-likeness (QED) is 0.292. The number of para-hydroxylation sites is 2. The number of rotatable bonds is 7. The highest BCUT2D eigenvalue weighted by molar-refractivity contribution is 7.85. The molecule has 1 aromatic heterocycles. The predicted octanol–water partition coefficient (Wildman–Crippen LogP) is 4.00. The highest BCUT2D eigenvalue weighted by atomic mass is 32.2. The Morgan fingerprint density at radius 3 is 2.45 bits per heavy atom. The van der Waals surface area contributed by atoms with Gasteiger partial charge in [-0.1, -0.05) is 48.5 Å². The van der Waals surface area contributed by atoms with Crippen LogP contribution in [0.25, 0.3) is 33.5 Å². The fourth-order valence-corrected chi connectivity index (χ4v) is 5.38. The number of hydrogen-bond donors (Lipinski definition) is 0. The molecule has 0 N–H and O–H groups in total. The summed E-state index contributed by atoms with van der Waals surface area (Å²) in [6, 6.07) is 24.6. The third kappa shape index (κ3) is 4.29. The summed E-state index contributed by atoms with van der Waals surface area (Å²) in [5, 5.41) is 9.76. The largest absolute Gasteiger partial charge is 0.342 e. The SMILES string of the molecule is COS(=O)(=O)Cc1ccccc1-n1nc2c3ccccc3n(Cc3ccc(-n4cccn4)cc3)cc-2c1=O. The van der Waals surface area contributed by atoms with Crippen LogP contribution in [0.4, 0.5) is 0 Å². The number of aromatic nitrogens is 5. The molecule has 3 heterocycles. The lowest BCUT2D eigenvalue weighted by atomic mass is 10.1. The molecule has 0 amide bonds. The van der Waals surface area contributed by atoms with E-state index >= 15 is 0 Å². The molecule has 10 heteroatoms. The molecule has 0 unspecified atom stereocenters. The molecule has 2 aliphatic heterocycles. The van der Waals surface area contributed by atoms with Crippen molar-refractivity contribution in [3.05, 3.63) is 119 Å². The van der Waals surface area contributed by atoms with E-state index in [0.717, 1.165) is 29.3 Å². The van der Waals surface area contributed by atoms with E-state index in [2.05, 4.69) is 14.4 Å². The van der Waals surface area contributed by atoms with Gasteiger partial charge in [-0.3, -0.25) is 8.98 Å². The van der Waals surface area contributed by atoms with E-state index in [-0.39, 0.29) is 11.3 Å². The first kappa shape index (κ1) is 23.8. The molecule has 2 aliphatic rings. The van der Waals surface area contributed by atoms with Crippen molar-refractivity contribution < 1.29 is 12.6 Å². The molecule has 190 valence electrons. The zero-order valence-electron chi connectivity index (χ0n) is 20.4. The fourth-order valence-electron chi connectivity index (χ4n) is 4.63.